The molecule has 0 radical (unpaired) electrons. The van der Waals surface area contributed by atoms with Crippen molar-refractivity contribution < 1.29 is 4.79 Å². The van der Waals surface area contributed by atoms with Gasteiger partial charge in [-0.1, -0.05) is 26.2 Å². The van der Waals surface area contributed by atoms with Crippen molar-refractivity contribution in [2.24, 2.45) is 17.1 Å². The van der Waals surface area contributed by atoms with Crippen LogP contribution in [-0.2, 0) is 4.79 Å². The van der Waals surface area contributed by atoms with E-state index in [0.29, 0.717) is 18.9 Å². The van der Waals surface area contributed by atoms with E-state index < -0.39 is 0 Å². The lowest BCUT2D eigenvalue weighted by Gasteiger charge is -2.42. The van der Waals surface area contributed by atoms with Gasteiger partial charge in [0.05, 0.1) is 0 Å². The van der Waals surface area contributed by atoms with Crippen LogP contribution in [0.25, 0.3) is 0 Å². The standard InChI is InChI=1S/C15H28N2O/c1-2-4-13-5-9-17(10-6-13)14(18)11-15(12-16)7-3-8-15/h13H,2-12,16H2,1H3. The van der Waals surface area contributed by atoms with Crippen molar-refractivity contribution in [1.82, 2.24) is 4.90 Å². The molecule has 104 valence electrons. The van der Waals surface area contributed by atoms with E-state index in [2.05, 4.69) is 11.8 Å². The quantitative estimate of drug-likeness (QED) is 0.817. The summed E-state index contributed by atoms with van der Waals surface area (Å²) in [6.07, 6.45) is 9.27. The van der Waals surface area contributed by atoms with Crippen LogP contribution < -0.4 is 5.73 Å². The minimum atomic E-state index is 0.164. The molecule has 2 aliphatic rings. The highest BCUT2D eigenvalue weighted by atomic mass is 16.2. The molecule has 1 amide bonds. The van der Waals surface area contributed by atoms with Crippen LogP contribution in [0.2, 0.25) is 0 Å². The maximum absolute atomic E-state index is 12.3. The Kier molecular flexibility index (Phi) is 4.66. The third-order valence-corrected chi connectivity index (χ3v) is 5.04. The molecule has 1 heterocycles. The molecule has 0 aromatic rings. The Morgan fingerprint density at radius 2 is 2.00 bits per heavy atom. The maximum atomic E-state index is 12.3. The molecule has 18 heavy (non-hydrogen) atoms. The minimum absolute atomic E-state index is 0.164. The minimum Gasteiger partial charge on any atom is -0.343 e. The summed E-state index contributed by atoms with van der Waals surface area (Å²) in [7, 11) is 0. The topological polar surface area (TPSA) is 46.3 Å². The second-order valence-corrected chi connectivity index (χ2v) is 6.35. The van der Waals surface area contributed by atoms with E-state index in [0.717, 1.165) is 31.8 Å². The lowest BCUT2D eigenvalue weighted by molar-refractivity contribution is -0.136. The number of hydrogen-bond donors (Lipinski definition) is 1. The number of piperidine rings is 1. The molecule has 0 spiro atoms. The second-order valence-electron chi connectivity index (χ2n) is 6.35. The molecule has 0 atom stereocenters. The first-order valence-corrected chi connectivity index (χ1v) is 7.67. The van der Waals surface area contributed by atoms with Gasteiger partial charge in [0.15, 0.2) is 0 Å². The van der Waals surface area contributed by atoms with Gasteiger partial charge >= 0.3 is 0 Å². The summed E-state index contributed by atoms with van der Waals surface area (Å²) in [6.45, 7) is 4.89. The molecule has 0 bridgehead atoms. The highest BCUT2D eigenvalue weighted by Crippen LogP contribution is 2.43. The number of carbonyl (C=O) groups is 1. The molecule has 2 N–H and O–H groups in total. The average molecular weight is 252 g/mol. The summed E-state index contributed by atoms with van der Waals surface area (Å²) in [4.78, 5) is 14.4. The third kappa shape index (κ3) is 3.05. The molecular weight excluding hydrogens is 224 g/mol. The number of carbonyl (C=O) groups excluding carboxylic acids is 1. The lowest BCUT2D eigenvalue weighted by atomic mass is 9.66. The Morgan fingerprint density at radius 3 is 2.44 bits per heavy atom. The van der Waals surface area contributed by atoms with Crippen LogP contribution in [0.5, 0.6) is 0 Å². The summed E-state index contributed by atoms with van der Waals surface area (Å²) in [5.41, 5.74) is 6.00. The van der Waals surface area contributed by atoms with Crippen LogP contribution >= 0.6 is 0 Å². The van der Waals surface area contributed by atoms with Gasteiger partial charge in [0, 0.05) is 19.5 Å². The van der Waals surface area contributed by atoms with Gasteiger partial charge in [0.1, 0.15) is 0 Å². The largest absolute Gasteiger partial charge is 0.343 e. The fourth-order valence-corrected chi connectivity index (χ4v) is 3.44. The first kappa shape index (κ1) is 13.9. The molecule has 3 heteroatoms. The molecule has 1 saturated heterocycles. The summed E-state index contributed by atoms with van der Waals surface area (Å²) in [6, 6.07) is 0. The summed E-state index contributed by atoms with van der Waals surface area (Å²) >= 11 is 0. The molecule has 3 nitrogen and oxygen atoms in total. The van der Waals surface area contributed by atoms with Crippen molar-refractivity contribution in [3.05, 3.63) is 0 Å². The fourth-order valence-electron chi connectivity index (χ4n) is 3.44. The van der Waals surface area contributed by atoms with E-state index in [4.69, 9.17) is 5.73 Å². The molecule has 0 unspecified atom stereocenters. The summed E-state index contributed by atoms with van der Waals surface area (Å²) < 4.78 is 0. The van der Waals surface area contributed by atoms with Crippen LogP contribution in [0.3, 0.4) is 0 Å². The molecule has 0 aromatic heterocycles. The maximum Gasteiger partial charge on any atom is 0.223 e. The van der Waals surface area contributed by atoms with Crippen molar-refractivity contribution >= 4 is 5.91 Å². The molecule has 1 aliphatic heterocycles. The number of hydrogen-bond acceptors (Lipinski definition) is 2. The van der Waals surface area contributed by atoms with Gasteiger partial charge in [0.25, 0.3) is 0 Å². The highest BCUT2D eigenvalue weighted by Gasteiger charge is 2.38. The highest BCUT2D eigenvalue weighted by molar-refractivity contribution is 5.77. The average Bonchev–Trinajstić information content (AvgIpc) is 2.35. The predicted molar refractivity (Wildman–Crippen MR) is 74.2 cm³/mol. The zero-order chi connectivity index (χ0) is 13.0. The zero-order valence-electron chi connectivity index (χ0n) is 11.8. The Morgan fingerprint density at radius 1 is 1.33 bits per heavy atom. The van der Waals surface area contributed by atoms with Crippen molar-refractivity contribution in [2.75, 3.05) is 19.6 Å². The van der Waals surface area contributed by atoms with Crippen molar-refractivity contribution in [3.8, 4) is 0 Å². The molecule has 2 fully saturated rings. The Hall–Kier alpha value is -0.570. The van der Waals surface area contributed by atoms with E-state index in [-0.39, 0.29) is 5.41 Å². The van der Waals surface area contributed by atoms with Crippen molar-refractivity contribution in [2.45, 2.75) is 58.3 Å². The first-order chi connectivity index (χ1) is 8.69. The van der Waals surface area contributed by atoms with Gasteiger partial charge in [-0.3, -0.25) is 4.79 Å². The SMILES string of the molecule is CCCC1CCN(C(=O)CC2(CN)CCC2)CC1. The van der Waals surface area contributed by atoms with Gasteiger partial charge in [-0.25, -0.2) is 0 Å². The number of nitrogens with two attached hydrogens (primary N) is 1. The molecule has 1 saturated carbocycles. The van der Waals surface area contributed by atoms with Crippen molar-refractivity contribution in [1.29, 1.82) is 0 Å². The van der Waals surface area contributed by atoms with E-state index in [9.17, 15) is 4.79 Å². The van der Waals surface area contributed by atoms with Gasteiger partial charge in [-0.15, -0.1) is 0 Å². The first-order valence-electron chi connectivity index (χ1n) is 7.67. The van der Waals surface area contributed by atoms with Crippen molar-refractivity contribution in [3.63, 3.8) is 0 Å². The van der Waals surface area contributed by atoms with Crippen LogP contribution in [0.15, 0.2) is 0 Å². The lowest BCUT2D eigenvalue weighted by Crippen LogP contribution is -2.45. The smallest absolute Gasteiger partial charge is 0.223 e. The Bertz CT molecular complexity index is 273. The van der Waals surface area contributed by atoms with Gasteiger partial charge in [-0.05, 0) is 43.6 Å². The van der Waals surface area contributed by atoms with Gasteiger partial charge in [-0.2, -0.15) is 0 Å². The number of likely N-dealkylation sites (tertiary alicyclic amines) is 1. The van der Waals surface area contributed by atoms with E-state index in [1.807, 2.05) is 0 Å². The second kappa shape index (κ2) is 6.05. The Labute approximate surface area is 111 Å². The summed E-state index contributed by atoms with van der Waals surface area (Å²) in [5.74, 6) is 1.21. The summed E-state index contributed by atoms with van der Waals surface area (Å²) in [5, 5.41) is 0. The van der Waals surface area contributed by atoms with Crippen LogP contribution in [0.4, 0.5) is 0 Å². The van der Waals surface area contributed by atoms with Crippen LogP contribution in [0.1, 0.15) is 58.3 Å². The third-order valence-electron chi connectivity index (χ3n) is 5.04. The monoisotopic (exact) mass is 252 g/mol. The Balaban J connectivity index is 1.77. The molecular formula is C15H28N2O. The van der Waals surface area contributed by atoms with E-state index >= 15 is 0 Å². The van der Waals surface area contributed by atoms with E-state index in [1.165, 1.54) is 32.1 Å². The molecule has 0 aromatic carbocycles. The van der Waals surface area contributed by atoms with Gasteiger partial charge < -0.3 is 10.6 Å². The van der Waals surface area contributed by atoms with Gasteiger partial charge in [0.2, 0.25) is 5.91 Å². The molecule has 2 rings (SSSR count). The molecule has 1 aliphatic carbocycles. The number of nitrogens with zero attached hydrogens (tertiary/aromatic N) is 1. The van der Waals surface area contributed by atoms with Crippen LogP contribution in [-0.4, -0.2) is 30.4 Å². The van der Waals surface area contributed by atoms with Crippen LogP contribution in [0, 0.1) is 11.3 Å². The zero-order valence-corrected chi connectivity index (χ0v) is 11.8. The number of amides is 1. The van der Waals surface area contributed by atoms with E-state index in [1.54, 1.807) is 0 Å². The fraction of sp³-hybridized carbons (Fsp3) is 0.933. The number of rotatable bonds is 5. The predicted octanol–water partition coefficient (Wildman–Crippen LogP) is 2.54. The normalized spacial score (nSPS) is 23.8.